The minimum atomic E-state index is -2.66. The molecule has 0 aliphatic rings. The van der Waals surface area contributed by atoms with Crippen LogP contribution < -0.4 is 10.1 Å². The maximum atomic E-state index is 13.9. The lowest BCUT2D eigenvalue weighted by atomic mass is 10.2. The quantitative estimate of drug-likeness (QED) is 0.393. The van der Waals surface area contributed by atoms with Gasteiger partial charge < -0.3 is 10.1 Å². The van der Waals surface area contributed by atoms with Crippen molar-refractivity contribution in [3.63, 3.8) is 0 Å². The summed E-state index contributed by atoms with van der Waals surface area (Å²) < 4.78 is 39.2. The summed E-state index contributed by atoms with van der Waals surface area (Å²) in [6.07, 6.45) is 4.41. The Kier molecular flexibility index (Phi) is 6.55. The van der Waals surface area contributed by atoms with Crippen molar-refractivity contribution in [2.24, 2.45) is 0 Å². The van der Waals surface area contributed by atoms with E-state index in [9.17, 15) is 8.60 Å². The van der Waals surface area contributed by atoms with Gasteiger partial charge in [-0.2, -0.15) is 4.98 Å². The lowest BCUT2D eigenvalue weighted by Gasteiger charge is -2.12. The third-order valence-corrected chi connectivity index (χ3v) is 5.37. The highest BCUT2D eigenvalue weighted by molar-refractivity contribution is 7.90. The third kappa shape index (κ3) is 6.30. The van der Waals surface area contributed by atoms with Gasteiger partial charge in [-0.05, 0) is 42.0 Å². The Balaban J connectivity index is 1.57. The standard InChI is InChI=1S/C23H21FN6O2S/c1-33(25,31)14-16-5-4-7-18(11-16)29-23-28-15-27-22(30-23)20-9-8-17(24)12-21(20)32-13-19-6-2-3-10-26-19/h2-12,15,25H,13-14H2,1H3,(H,27,28,29,30). The molecule has 0 bridgehead atoms. The van der Waals surface area contributed by atoms with Gasteiger partial charge in [0.05, 0.1) is 17.0 Å². The summed E-state index contributed by atoms with van der Waals surface area (Å²) in [6.45, 7) is 0.164. The van der Waals surface area contributed by atoms with E-state index < -0.39 is 15.5 Å². The summed E-state index contributed by atoms with van der Waals surface area (Å²) >= 11 is 0. The molecule has 0 aliphatic heterocycles. The average molecular weight is 465 g/mol. The van der Waals surface area contributed by atoms with E-state index >= 15 is 0 Å². The zero-order valence-electron chi connectivity index (χ0n) is 17.7. The van der Waals surface area contributed by atoms with Crippen molar-refractivity contribution in [1.82, 2.24) is 19.9 Å². The van der Waals surface area contributed by atoms with Gasteiger partial charge in [0.25, 0.3) is 0 Å². The molecular weight excluding hydrogens is 443 g/mol. The van der Waals surface area contributed by atoms with Gasteiger partial charge in [-0.15, -0.1) is 0 Å². The molecule has 0 saturated carbocycles. The summed E-state index contributed by atoms with van der Waals surface area (Å²) in [7, 11) is -2.66. The fourth-order valence-electron chi connectivity index (χ4n) is 3.11. The minimum Gasteiger partial charge on any atom is -0.486 e. The largest absolute Gasteiger partial charge is 0.486 e. The van der Waals surface area contributed by atoms with Gasteiger partial charge in [0.15, 0.2) is 5.82 Å². The molecule has 0 radical (unpaired) electrons. The number of rotatable bonds is 8. The molecule has 0 spiro atoms. The molecule has 33 heavy (non-hydrogen) atoms. The van der Waals surface area contributed by atoms with Crippen molar-refractivity contribution < 1.29 is 13.3 Å². The fraction of sp³-hybridized carbons (Fsp3) is 0.130. The molecule has 0 aliphatic carbocycles. The van der Waals surface area contributed by atoms with Crippen LogP contribution in [0.3, 0.4) is 0 Å². The van der Waals surface area contributed by atoms with Crippen LogP contribution >= 0.6 is 0 Å². The number of halogens is 1. The van der Waals surface area contributed by atoms with Crippen LogP contribution in [0.1, 0.15) is 11.3 Å². The molecule has 168 valence electrons. The molecular formula is C23H21FN6O2S. The first-order chi connectivity index (χ1) is 15.9. The van der Waals surface area contributed by atoms with Gasteiger partial charge in [-0.25, -0.2) is 18.6 Å². The smallest absolute Gasteiger partial charge is 0.230 e. The third-order valence-electron chi connectivity index (χ3n) is 4.48. The van der Waals surface area contributed by atoms with Crippen molar-refractivity contribution in [1.29, 1.82) is 4.78 Å². The number of hydrogen-bond donors (Lipinski definition) is 2. The first-order valence-electron chi connectivity index (χ1n) is 9.95. The number of benzene rings is 2. The minimum absolute atomic E-state index is 0.150. The molecule has 0 fully saturated rings. The molecule has 4 rings (SSSR count). The molecule has 0 amide bonds. The van der Waals surface area contributed by atoms with Crippen LogP contribution in [0.5, 0.6) is 5.75 Å². The SMILES string of the molecule is CS(=N)(=O)Cc1cccc(Nc2ncnc(-c3ccc(F)cc3OCc3ccccn3)n2)c1. The molecule has 1 atom stereocenters. The van der Waals surface area contributed by atoms with Crippen LogP contribution in [-0.2, 0) is 22.1 Å². The van der Waals surface area contributed by atoms with Crippen LogP contribution in [-0.4, -0.2) is 30.4 Å². The Hall–Kier alpha value is -3.92. The summed E-state index contributed by atoms with van der Waals surface area (Å²) in [4.78, 5) is 17.0. The molecule has 10 heteroatoms. The highest BCUT2D eigenvalue weighted by Crippen LogP contribution is 2.29. The molecule has 8 nitrogen and oxygen atoms in total. The van der Waals surface area contributed by atoms with Gasteiger partial charge in [0.1, 0.15) is 24.5 Å². The van der Waals surface area contributed by atoms with E-state index in [-0.39, 0.29) is 24.1 Å². The molecule has 0 saturated heterocycles. The second-order valence-electron chi connectivity index (χ2n) is 7.36. The number of ether oxygens (including phenoxy) is 1. The van der Waals surface area contributed by atoms with Crippen LogP contribution in [0, 0.1) is 10.6 Å². The lowest BCUT2D eigenvalue weighted by molar-refractivity contribution is 0.301. The first-order valence-corrected chi connectivity index (χ1v) is 12.1. The first kappa shape index (κ1) is 22.3. The Morgan fingerprint density at radius 3 is 2.73 bits per heavy atom. The number of hydrogen-bond acceptors (Lipinski definition) is 8. The highest BCUT2D eigenvalue weighted by Gasteiger charge is 2.13. The normalized spacial score (nSPS) is 12.7. The van der Waals surface area contributed by atoms with Crippen LogP contribution in [0.15, 0.2) is 73.2 Å². The van der Waals surface area contributed by atoms with Gasteiger partial charge in [0.2, 0.25) is 5.95 Å². The number of anilines is 2. The van der Waals surface area contributed by atoms with Crippen LogP contribution in [0.4, 0.5) is 16.0 Å². The second-order valence-corrected chi connectivity index (χ2v) is 9.66. The number of pyridine rings is 1. The molecule has 1 unspecified atom stereocenters. The monoisotopic (exact) mass is 464 g/mol. The summed E-state index contributed by atoms with van der Waals surface area (Å²) in [5.41, 5.74) is 2.65. The van der Waals surface area contributed by atoms with E-state index in [1.807, 2.05) is 24.3 Å². The zero-order valence-corrected chi connectivity index (χ0v) is 18.6. The van der Waals surface area contributed by atoms with E-state index in [1.165, 1.54) is 24.7 Å². The van der Waals surface area contributed by atoms with Crippen molar-refractivity contribution in [2.75, 3.05) is 11.6 Å². The van der Waals surface area contributed by atoms with Gasteiger partial charge in [0, 0.05) is 33.9 Å². The summed E-state index contributed by atoms with van der Waals surface area (Å²) in [5, 5.41) is 3.09. The average Bonchev–Trinajstić information content (AvgIpc) is 2.78. The van der Waals surface area contributed by atoms with Gasteiger partial charge in [-0.1, -0.05) is 18.2 Å². The fourth-order valence-corrected chi connectivity index (χ4v) is 3.92. The Bertz CT molecular complexity index is 1370. The van der Waals surface area contributed by atoms with Gasteiger partial charge in [-0.3, -0.25) is 9.76 Å². The predicted octanol–water partition coefficient (Wildman–Crippen LogP) is 4.57. The molecule has 2 aromatic heterocycles. The van der Waals surface area contributed by atoms with E-state index in [0.29, 0.717) is 22.8 Å². The molecule has 2 aromatic carbocycles. The number of aromatic nitrogens is 4. The lowest BCUT2D eigenvalue weighted by Crippen LogP contribution is -2.03. The van der Waals surface area contributed by atoms with E-state index in [4.69, 9.17) is 9.52 Å². The van der Waals surface area contributed by atoms with E-state index in [2.05, 4.69) is 25.3 Å². The number of nitrogens with one attached hydrogen (secondary N) is 2. The topological polar surface area (TPSA) is 114 Å². The second kappa shape index (κ2) is 9.70. The Labute approximate surface area is 190 Å². The zero-order chi connectivity index (χ0) is 23.3. The van der Waals surface area contributed by atoms with E-state index in [0.717, 1.165) is 5.56 Å². The van der Waals surface area contributed by atoms with Crippen molar-refractivity contribution in [3.05, 3.63) is 90.3 Å². The van der Waals surface area contributed by atoms with Crippen molar-refractivity contribution in [3.8, 4) is 17.1 Å². The maximum Gasteiger partial charge on any atom is 0.230 e. The van der Waals surface area contributed by atoms with Crippen LogP contribution in [0.2, 0.25) is 0 Å². The summed E-state index contributed by atoms with van der Waals surface area (Å²) in [6, 6.07) is 16.8. The Morgan fingerprint density at radius 2 is 1.94 bits per heavy atom. The summed E-state index contributed by atoms with van der Waals surface area (Å²) in [5.74, 6) is 0.578. The van der Waals surface area contributed by atoms with E-state index in [1.54, 1.807) is 30.5 Å². The Morgan fingerprint density at radius 1 is 1.06 bits per heavy atom. The maximum absolute atomic E-state index is 13.9. The van der Waals surface area contributed by atoms with Crippen molar-refractivity contribution >= 4 is 21.4 Å². The molecule has 2 heterocycles. The predicted molar refractivity (Wildman–Crippen MR) is 124 cm³/mol. The van der Waals surface area contributed by atoms with Gasteiger partial charge >= 0.3 is 0 Å². The molecule has 4 aromatic rings. The number of nitrogens with zero attached hydrogens (tertiary/aromatic N) is 4. The van der Waals surface area contributed by atoms with Crippen LogP contribution in [0.25, 0.3) is 11.4 Å². The van der Waals surface area contributed by atoms with Crippen molar-refractivity contribution in [2.45, 2.75) is 12.4 Å². The highest BCUT2D eigenvalue weighted by atomic mass is 32.2. The molecule has 2 N–H and O–H groups in total.